The monoisotopic (exact) mass is 479 g/mol. The van der Waals surface area contributed by atoms with Crippen molar-refractivity contribution in [2.75, 3.05) is 13.2 Å². The van der Waals surface area contributed by atoms with Gasteiger partial charge in [-0.2, -0.15) is 5.10 Å². The van der Waals surface area contributed by atoms with Gasteiger partial charge in [0.05, 0.1) is 19.4 Å². The van der Waals surface area contributed by atoms with E-state index in [1.807, 2.05) is 43.3 Å². The average molecular weight is 480 g/mol. The lowest BCUT2D eigenvalue weighted by Gasteiger charge is -2.09. The Morgan fingerprint density at radius 1 is 0.971 bits per heavy atom. The molecule has 0 heterocycles. The maximum Gasteiger partial charge on any atom is 0.259 e. The molecule has 0 atom stereocenters. The van der Waals surface area contributed by atoms with Gasteiger partial charge < -0.3 is 14.8 Å². The Kier molecular flexibility index (Phi) is 9.49. The molecule has 8 heteroatoms. The molecule has 34 heavy (non-hydrogen) atoms. The number of carbonyl (C=O) groups excluding carboxylic acids is 2. The van der Waals surface area contributed by atoms with Crippen LogP contribution in [0.3, 0.4) is 0 Å². The third-order valence-corrected chi connectivity index (χ3v) is 4.87. The van der Waals surface area contributed by atoms with Crippen LogP contribution >= 0.6 is 11.6 Å². The van der Waals surface area contributed by atoms with Gasteiger partial charge in [-0.15, -0.1) is 0 Å². The van der Waals surface area contributed by atoms with E-state index in [2.05, 4.69) is 15.8 Å². The van der Waals surface area contributed by atoms with E-state index in [-0.39, 0.29) is 12.5 Å². The lowest BCUT2D eigenvalue weighted by Crippen LogP contribution is -2.34. The Morgan fingerprint density at radius 3 is 2.44 bits per heavy atom. The van der Waals surface area contributed by atoms with Crippen LogP contribution in [-0.2, 0) is 11.4 Å². The standard InChI is InChI=1S/C26H26ClN3O4/c1-2-15-33-23-13-9-20(10-14-23)26(32)28-17-25(31)30-29-16-21-5-3-4-6-24(21)34-18-19-7-11-22(27)12-8-19/h3-14,16H,2,15,17-18H2,1H3,(H,28,32)(H,30,31)/b29-16+. The first-order chi connectivity index (χ1) is 16.5. The molecule has 0 saturated heterocycles. The Hall–Kier alpha value is -3.84. The summed E-state index contributed by atoms with van der Waals surface area (Å²) in [5, 5.41) is 7.20. The van der Waals surface area contributed by atoms with E-state index in [9.17, 15) is 9.59 Å². The molecule has 0 aliphatic heterocycles. The summed E-state index contributed by atoms with van der Waals surface area (Å²) in [5.74, 6) is 0.507. The van der Waals surface area contributed by atoms with Crippen molar-refractivity contribution in [1.29, 1.82) is 0 Å². The predicted octanol–water partition coefficient (Wildman–Crippen LogP) is 4.59. The molecule has 2 N–H and O–H groups in total. The minimum Gasteiger partial charge on any atom is -0.494 e. The van der Waals surface area contributed by atoms with Crippen LogP contribution in [0.2, 0.25) is 5.02 Å². The molecule has 0 aliphatic carbocycles. The van der Waals surface area contributed by atoms with Gasteiger partial charge >= 0.3 is 0 Å². The molecule has 0 spiro atoms. The van der Waals surface area contributed by atoms with E-state index in [1.165, 1.54) is 6.21 Å². The van der Waals surface area contributed by atoms with Gasteiger partial charge in [0, 0.05) is 16.1 Å². The summed E-state index contributed by atoms with van der Waals surface area (Å²) >= 11 is 5.91. The Bertz CT molecular complexity index is 1120. The number of carbonyl (C=O) groups is 2. The molecule has 0 bridgehead atoms. The number of halogens is 1. The number of hydrazone groups is 1. The smallest absolute Gasteiger partial charge is 0.259 e. The second-order valence-electron chi connectivity index (χ2n) is 7.30. The van der Waals surface area contributed by atoms with Crippen molar-refractivity contribution in [3.63, 3.8) is 0 Å². The lowest BCUT2D eigenvalue weighted by atomic mass is 10.2. The van der Waals surface area contributed by atoms with Gasteiger partial charge in [-0.3, -0.25) is 9.59 Å². The normalized spacial score (nSPS) is 10.6. The van der Waals surface area contributed by atoms with Crippen LogP contribution in [0.25, 0.3) is 0 Å². The molecular weight excluding hydrogens is 454 g/mol. The van der Waals surface area contributed by atoms with Gasteiger partial charge in [0.2, 0.25) is 0 Å². The molecular formula is C26H26ClN3O4. The van der Waals surface area contributed by atoms with Crippen LogP contribution in [0.15, 0.2) is 77.9 Å². The Balaban J connectivity index is 1.46. The summed E-state index contributed by atoms with van der Waals surface area (Å²) in [4.78, 5) is 24.3. The number of para-hydroxylation sites is 1. The first-order valence-electron chi connectivity index (χ1n) is 10.8. The largest absolute Gasteiger partial charge is 0.494 e. The first kappa shape index (κ1) is 24.8. The molecule has 0 aromatic heterocycles. The molecule has 0 unspecified atom stereocenters. The minimum atomic E-state index is -0.452. The maximum absolute atomic E-state index is 12.2. The Morgan fingerprint density at radius 2 is 1.71 bits per heavy atom. The Labute approximate surface area is 203 Å². The van der Waals surface area contributed by atoms with Gasteiger partial charge in [0.15, 0.2) is 0 Å². The summed E-state index contributed by atoms with van der Waals surface area (Å²) in [5.41, 5.74) is 4.52. The number of nitrogens with zero attached hydrogens (tertiary/aromatic N) is 1. The topological polar surface area (TPSA) is 89.0 Å². The number of benzene rings is 3. The van der Waals surface area contributed by atoms with Gasteiger partial charge in [0.1, 0.15) is 18.1 Å². The summed E-state index contributed by atoms with van der Waals surface area (Å²) in [7, 11) is 0. The lowest BCUT2D eigenvalue weighted by molar-refractivity contribution is -0.120. The zero-order chi connectivity index (χ0) is 24.2. The van der Waals surface area contributed by atoms with Crippen LogP contribution in [0.4, 0.5) is 0 Å². The number of ether oxygens (including phenoxy) is 2. The number of amides is 2. The van der Waals surface area contributed by atoms with Crippen molar-refractivity contribution in [3.8, 4) is 11.5 Å². The van der Waals surface area contributed by atoms with Crippen molar-refractivity contribution in [2.24, 2.45) is 5.10 Å². The quantitative estimate of drug-likeness (QED) is 0.311. The predicted molar refractivity (Wildman–Crippen MR) is 133 cm³/mol. The van der Waals surface area contributed by atoms with Crippen LogP contribution < -0.4 is 20.2 Å². The molecule has 176 valence electrons. The van der Waals surface area contributed by atoms with Crippen molar-refractivity contribution in [2.45, 2.75) is 20.0 Å². The van der Waals surface area contributed by atoms with E-state index in [0.29, 0.717) is 40.9 Å². The second-order valence-corrected chi connectivity index (χ2v) is 7.74. The van der Waals surface area contributed by atoms with E-state index in [4.69, 9.17) is 21.1 Å². The number of nitrogens with one attached hydrogen (secondary N) is 2. The number of hydrogen-bond acceptors (Lipinski definition) is 5. The SMILES string of the molecule is CCCOc1ccc(C(=O)NCC(=O)N/N=C/c2ccccc2OCc2ccc(Cl)cc2)cc1. The highest BCUT2D eigenvalue weighted by Gasteiger charge is 2.08. The average Bonchev–Trinajstić information content (AvgIpc) is 2.86. The molecule has 0 aliphatic rings. The fraction of sp³-hybridized carbons (Fsp3) is 0.192. The zero-order valence-corrected chi connectivity index (χ0v) is 19.5. The van der Waals surface area contributed by atoms with Gasteiger partial charge in [-0.05, 0) is 60.5 Å². The van der Waals surface area contributed by atoms with E-state index >= 15 is 0 Å². The van der Waals surface area contributed by atoms with Gasteiger partial charge in [0.25, 0.3) is 11.8 Å². The molecule has 0 radical (unpaired) electrons. The van der Waals surface area contributed by atoms with Crippen LogP contribution in [0, 0.1) is 0 Å². The van der Waals surface area contributed by atoms with Crippen LogP contribution in [-0.4, -0.2) is 31.2 Å². The maximum atomic E-state index is 12.2. The number of hydrogen-bond donors (Lipinski definition) is 2. The highest BCUT2D eigenvalue weighted by atomic mass is 35.5. The minimum absolute atomic E-state index is 0.209. The molecule has 3 rings (SSSR count). The summed E-state index contributed by atoms with van der Waals surface area (Å²) in [6.07, 6.45) is 2.40. The molecule has 2 amide bonds. The summed E-state index contributed by atoms with van der Waals surface area (Å²) in [6, 6.07) is 21.5. The van der Waals surface area contributed by atoms with E-state index in [1.54, 1.807) is 36.4 Å². The highest BCUT2D eigenvalue weighted by molar-refractivity contribution is 6.30. The summed E-state index contributed by atoms with van der Waals surface area (Å²) < 4.78 is 11.4. The number of rotatable bonds is 11. The van der Waals surface area contributed by atoms with Gasteiger partial charge in [-0.25, -0.2) is 5.43 Å². The fourth-order valence-corrected chi connectivity index (χ4v) is 2.98. The van der Waals surface area contributed by atoms with Crippen LogP contribution in [0.5, 0.6) is 11.5 Å². The fourth-order valence-electron chi connectivity index (χ4n) is 2.86. The molecule has 7 nitrogen and oxygen atoms in total. The van der Waals surface area contributed by atoms with Crippen LogP contribution in [0.1, 0.15) is 34.8 Å². The molecule has 3 aromatic carbocycles. The third kappa shape index (κ3) is 7.94. The van der Waals surface area contributed by atoms with Crippen molar-refractivity contribution < 1.29 is 19.1 Å². The second kappa shape index (κ2) is 13.0. The van der Waals surface area contributed by atoms with Crippen molar-refractivity contribution in [3.05, 3.63) is 94.5 Å². The van der Waals surface area contributed by atoms with Gasteiger partial charge in [-0.1, -0.05) is 42.8 Å². The van der Waals surface area contributed by atoms with E-state index < -0.39 is 5.91 Å². The zero-order valence-electron chi connectivity index (χ0n) is 18.8. The summed E-state index contributed by atoms with van der Waals surface area (Å²) in [6.45, 7) is 2.79. The first-order valence-corrected chi connectivity index (χ1v) is 11.2. The van der Waals surface area contributed by atoms with E-state index in [0.717, 1.165) is 12.0 Å². The third-order valence-electron chi connectivity index (χ3n) is 4.62. The van der Waals surface area contributed by atoms with Crippen molar-refractivity contribution in [1.82, 2.24) is 10.7 Å². The molecule has 0 saturated carbocycles. The van der Waals surface area contributed by atoms with Crippen molar-refractivity contribution >= 4 is 29.6 Å². The molecule has 0 fully saturated rings. The highest BCUT2D eigenvalue weighted by Crippen LogP contribution is 2.18. The molecule has 3 aromatic rings.